The molecule has 1 aromatic rings. The third-order valence-electron chi connectivity index (χ3n) is 7.38. The van der Waals surface area contributed by atoms with E-state index in [-0.39, 0.29) is 0 Å². The van der Waals surface area contributed by atoms with Crippen LogP contribution in [0.4, 0.5) is 0 Å². The normalized spacial score (nSPS) is 29.6. The van der Waals surface area contributed by atoms with Crippen LogP contribution in [0.1, 0.15) is 102 Å². The summed E-state index contributed by atoms with van der Waals surface area (Å²) in [7, 11) is 0. The lowest BCUT2D eigenvalue weighted by Gasteiger charge is -2.38. The molecule has 2 aliphatic rings. The summed E-state index contributed by atoms with van der Waals surface area (Å²) in [6.07, 6.45) is 22.0. The lowest BCUT2D eigenvalue weighted by Crippen LogP contribution is -2.26. The highest BCUT2D eigenvalue weighted by molar-refractivity contribution is 5.14. The third-order valence-corrected chi connectivity index (χ3v) is 7.38. The van der Waals surface area contributed by atoms with Gasteiger partial charge in [-0.25, -0.2) is 0 Å². The molecule has 0 unspecified atom stereocenters. The summed E-state index contributed by atoms with van der Waals surface area (Å²) in [5, 5.41) is 0. The number of aryl methyl sites for hydroxylation is 2. The van der Waals surface area contributed by atoms with E-state index in [0.717, 1.165) is 30.1 Å². The highest BCUT2D eigenvalue weighted by Crippen LogP contribution is 2.42. The molecule has 146 valence electrons. The maximum atomic E-state index is 4.69. The molecular weight excluding hydrogens is 314 g/mol. The van der Waals surface area contributed by atoms with E-state index in [1.165, 1.54) is 94.7 Å². The van der Waals surface area contributed by atoms with Crippen LogP contribution in [0.15, 0.2) is 18.3 Å². The summed E-state index contributed by atoms with van der Waals surface area (Å²) in [6.45, 7) is 4.59. The Morgan fingerprint density at radius 3 is 1.85 bits per heavy atom. The summed E-state index contributed by atoms with van der Waals surface area (Å²) >= 11 is 0. The van der Waals surface area contributed by atoms with Gasteiger partial charge in [0.05, 0.1) is 0 Å². The second kappa shape index (κ2) is 10.5. The standard InChI is InChI=1S/C25H41N/c1-3-5-20-7-13-23(14-8-20)24-15-9-21(10-16-24)11-17-25-18-12-22(6-4-2)19-26-25/h12,18-21,23-24H,3-11,13-17H2,1-2H3. The Labute approximate surface area is 162 Å². The Hall–Kier alpha value is -0.850. The summed E-state index contributed by atoms with van der Waals surface area (Å²) < 4.78 is 0. The van der Waals surface area contributed by atoms with Crippen LogP contribution >= 0.6 is 0 Å². The van der Waals surface area contributed by atoms with E-state index in [1.54, 1.807) is 0 Å². The first-order valence-electron chi connectivity index (χ1n) is 11.7. The van der Waals surface area contributed by atoms with Gasteiger partial charge in [-0.15, -0.1) is 0 Å². The molecule has 0 atom stereocenters. The topological polar surface area (TPSA) is 12.9 Å². The fourth-order valence-electron chi connectivity index (χ4n) is 5.70. The van der Waals surface area contributed by atoms with Crippen molar-refractivity contribution in [3.05, 3.63) is 29.6 Å². The molecule has 1 heterocycles. The van der Waals surface area contributed by atoms with Crippen molar-refractivity contribution < 1.29 is 0 Å². The van der Waals surface area contributed by atoms with Crippen LogP contribution in [0.5, 0.6) is 0 Å². The Kier molecular flexibility index (Phi) is 8.02. The van der Waals surface area contributed by atoms with E-state index in [4.69, 9.17) is 4.98 Å². The lowest BCUT2D eigenvalue weighted by molar-refractivity contribution is 0.141. The van der Waals surface area contributed by atoms with E-state index in [2.05, 4.69) is 32.2 Å². The van der Waals surface area contributed by atoms with Gasteiger partial charge in [0, 0.05) is 11.9 Å². The zero-order valence-electron chi connectivity index (χ0n) is 17.4. The van der Waals surface area contributed by atoms with Gasteiger partial charge < -0.3 is 0 Å². The van der Waals surface area contributed by atoms with Crippen LogP contribution in [-0.2, 0) is 12.8 Å². The van der Waals surface area contributed by atoms with Crippen LogP contribution in [0.2, 0.25) is 0 Å². The number of aromatic nitrogens is 1. The highest BCUT2D eigenvalue weighted by Gasteiger charge is 2.30. The minimum Gasteiger partial charge on any atom is -0.261 e. The molecule has 3 rings (SSSR count). The molecule has 2 aliphatic carbocycles. The van der Waals surface area contributed by atoms with E-state index in [1.807, 2.05) is 0 Å². The lowest BCUT2D eigenvalue weighted by atomic mass is 9.68. The quantitative estimate of drug-likeness (QED) is 0.474. The number of pyridine rings is 1. The SMILES string of the molecule is CCCc1ccc(CCC2CCC(C3CCC(CCC)CC3)CC2)nc1. The number of nitrogens with zero attached hydrogens (tertiary/aromatic N) is 1. The largest absolute Gasteiger partial charge is 0.261 e. The third kappa shape index (κ3) is 5.83. The maximum Gasteiger partial charge on any atom is 0.0403 e. The zero-order chi connectivity index (χ0) is 18.2. The molecule has 0 saturated heterocycles. The molecule has 0 aromatic carbocycles. The predicted octanol–water partition coefficient (Wildman–Crippen LogP) is 7.38. The molecule has 1 aromatic heterocycles. The fraction of sp³-hybridized carbons (Fsp3) is 0.800. The molecular formula is C25H41N. The summed E-state index contributed by atoms with van der Waals surface area (Å²) in [6, 6.07) is 4.56. The minimum atomic E-state index is 0.958. The molecule has 0 amide bonds. The van der Waals surface area contributed by atoms with Gasteiger partial charge in [-0.1, -0.05) is 64.9 Å². The van der Waals surface area contributed by atoms with Crippen molar-refractivity contribution in [3.63, 3.8) is 0 Å². The number of hydrogen-bond acceptors (Lipinski definition) is 1. The van der Waals surface area contributed by atoms with Gasteiger partial charge in [0.2, 0.25) is 0 Å². The maximum absolute atomic E-state index is 4.69. The first-order valence-corrected chi connectivity index (χ1v) is 11.7. The first-order chi connectivity index (χ1) is 12.8. The monoisotopic (exact) mass is 355 g/mol. The average Bonchev–Trinajstić information content (AvgIpc) is 2.69. The van der Waals surface area contributed by atoms with Crippen molar-refractivity contribution in [2.75, 3.05) is 0 Å². The number of hydrogen-bond donors (Lipinski definition) is 0. The minimum absolute atomic E-state index is 0.958. The molecule has 2 saturated carbocycles. The van der Waals surface area contributed by atoms with E-state index in [0.29, 0.717) is 0 Å². The Morgan fingerprint density at radius 1 is 0.731 bits per heavy atom. The van der Waals surface area contributed by atoms with Gasteiger partial charge in [0.1, 0.15) is 0 Å². The molecule has 0 bridgehead atoms. The van der Waals surface area contributed by atoms with Crippen LogP contribution < -0.4 is 0 Å². The molecule has 0 aliphatic heterocycles. The van der Waals surface area contributed by atoms with Gasteiger partial charge in [0.25, 0.3) is 0 Å². The molecule has 1 heteroatoms. The molecule has 1 nitrogen and oxygen atoms in total. The van der Waals surface area contributed by atoms with Crippen molar-refractivity contribution in [3.8, 4) is 0 Å². The van der Waals surface area contributed by atoms with Gasteiger partial charge in [-0.05, 0) is 80.2 Å². The van der Waals surface area contributed by atoms with E-state index in [9.17, 15) is 0 Å². The van der Waals surface area contributed by atoms with Gasteiger partial charge >= 0.3 is 0 Å². The van der Waals surface area contributed by atoms with Crippen molar-refractivity contribution >= 4 is 0 Å². The Balaban J connectivity index is 1.35. The van der Waals surface area contributed by atoms with Crippen molar-refractivity contribution in [2.45, 2.75) is 104 Å². The Bertz CT molecular complexity index is 489. The molecule has 0 N–H and O–H groups in total. The molecule has 2 fully saturated rings. The van der Waals surface area contributed by atoms with Crippen LogP contribution in [0.25, 0.3) is 0 Å². The smallest absolute Gasteiger partial charge is 0.0403 e. The molecule has 0 radical (unpaired) electrons. The van der Waals surface area contributed by atoms with Gasteiger partial charge in [-0.3, -0.25) is 4.98 Å². The highest BCUT2D eigenvalue weighted by atomic mass is 14.7. The van der Waals surface area contributed by atoms with E-state index >= 15 is 0 Å². The summed E-state index contributed by atoms with van der Waals surface area (Å²) in [5.74, 6) is 4.14. The van der Waals surface area contributed by atoms with Crippen LogP contribution in [0, 0.1) is 23.7 Å². The first kappa shape index (κ1) is 19.9. The summed E-state index contributed by atoms with van der Waals surface area (Å²) in [5.41, 5.74) is 2.70. The molecule has 26 heavy (non-hydrogen) atoms. The van der Waals surface area contributed by atoms with Gasteiger partial charge in [-0.2, -0.15) is 0 Å². The second-order valence-electron chi connectivity index (χ2n) is 9.30. The van der Waals surface area contributed by atoms with Crippen molar-refractivity contribution in [1.82, 2.24) is 4.98 Å². The van der Waals surface area contributed by atoms with Gasteiger partial charge in [0.15, 0.2) is 0 Å². The Morgan fingerprint density at radius 2 is 1.35 bits per heavy atom. The fourth-order valence-corrected chi connectivity index (χ4v) is 5.70. The van der Waals surface area contributed by atoms with Crippen LogP contribution in [0.3, 0.4) is 0 Å². The van der Waals surface area contributed by atoms with Crippen LogP contribution in [-0.4, -0.2) is 4.98 Å². The predicted molar refractivity (Wildman–Crippen MR) is 112 cm³/mol. The summed E-state index contributed by atoms with van der Waals surface area (Å²) in [4.78, 5) is 4.69. The zero-order valence-corrected chi connectivity index (χ0v) is 17.4. The van der Waals surface area contributed by atoms with E-state index < -0.39 is 0 Å². The number of rotatable bonds is 8. The van der Waals surface area contributed by atoms with Crippen molar-refractivity contribution in [1.29, 1.82) is 0 Å². The van der Waals surface area contributed by atoms with Crippen molar-refractivity contribution in [2.24, 2.45) is 23.7 Å². The molecule has 0 spiro atoms. The average molecular weight is 356 g/mol. The second-order valence-corrected chi connectivity index (χ2v) is 9.30.